The number of nitrogens with two attached hydrogens (primary N) is 2. The van der Waals surface area contributed by atoms with Gasteiger partial charge in [0.2, 0.25) is 10.0 Å². The van der Waals surface area contributed by atoms with Crippen molar-refractivity contribution in [3.63, 3.8) is 0 Å². The van der Waals surface area contributed by atoms with Gasteiger partial charge in [-0.1, -0.05) is 18.2 Å². The Kier molecular flexibility index (Phi) is 6.52. The van der Waals surface area contributed by atoms with Crippen molar-refractivity contribution in [3.05, 3.63) is 48.0 Å². The van der Waals surface area contributed by atoms with Gasteiger partial charge >= 0.3 is 5.97 Å². The first-order valence-corrected chi connectivity index (χ1v) is 9.85. The van der Waals surface area contributed by atoms with Crippen LogP contribution >= 0.6 is 12.6 Å². The number of carboxylic acids is 1. The quantitative estimate of drug-likeness (QED) is 0.390. The highest BCUT2D eigenvalue weighted by molar-refractivity contribution is 7.90. The third-order valence-electron chi connectivity index (χ3n) is 3.71. The van der Waals surface area contributed by atoms with Crippen LogP contribution in [-0.4, -0.2) is 26.0 Å². The van der Waals surface area contributed by atoms with Crippen molar-refractivity contribution in [2.24, 2.45) is 11.1 Å². The zero-order chi connectivity index (χ0) is 19.3. The molecule has 3 rings (SSSR count). The van der Waals surface area contributed by atoms with Crippen LogP contribution in [0.5, 0.6) is 0 Å². The molecule has 0 saturated heterocycles. The first-order chi connectivity index (χ1) is 12.2. The minimum Gasteiger partial charge on any atom is -0.478 e. The van der Waals surface area contributed by atoms with Crippen molar-refractivity contribution >= 4 is 40.0 Å². The molecule has 0 amide bonds. The van der Waals surface area contributed by atoms with Gasteiger partial charge in [-0.3, -0.25) is 0 Å². The molecule has 0 aliphatic heterocycles. The van der Waals surface area contributed by atoms with E-state index in [0.717, 1.165) is 24.6 Å². The van der Waals surface area contributed by atoms with Crippen LogP contribution in [-0.2, 0) is 10.0 Å². The predicted octanol–water partition coefficient (Wildman–Crippen LogP) is 2.41. The van der Waals surface area contributed by atoms with Gasteiger partial charge in [0.1, 0.15) is 0 Å². The predicted molar refractivity (Wildman–Crippen MR) is 104 cm³/mol. The average molecular weight is 396 g/mol. The summed E-state index contributed by atoms with van der Waals surface area (Å²) in [7, 11) is -4.01. The van der Waals surface area contributed by atoms with Crippen molar-refractivity contribution in [1.82, 2.24) is 0 Å². The van der Waals surface area contributed by atoms with Crippen LogP contribution in [0.25, 0.3) is 0 Å². The van der Waals surface area contributed by atoms with Gasteiger partial charge in [-0.2, -0.15) is 0 Å². The largest absolute Gasteiger partial charge is 0.478 e. The number of hydrogen-bond acceptors (Lipinski definition) is 6. The van der Waals surface area contributed by atoms with Gasteiger partial charge in [-0.25, -0.2) is 18.4 Å². The topological polar surface area (TPSA) is 136 Å². The Morgan fingerprint density at radius 3 is 2.27 bits per heavy atom. The number of carboxylic acid groups (broad SMARTS) is 1. The number of thiol groups is 1. The number of aromatic carboxylic acids is 1. The fourth-order valence-corrected chi connectivity index (χ4v) is 3.37. The summed E-state index contributed by atoms with van der Waals surface area (Å²) in [6.45, 7) is 0.667. The first kappa shape index (κ1) is 20.1. The lowest BCUT2D eigenvalue weighted by molar-refractivity contribution is 0.0696. The number of anilines is 2. The Hall–Kier alpha value is -2.23. The highest BCUT2D eigenvalue weighted by atomic mass is 32.2. The lowest BCUT2D eigenvalue weighted by Crippen LogP contribution is -2.16. The number of para-hydroxylation sites is 1. The zero-order valence-corrected chi connectivity index (χ0v) is 15.6. The Labute approximate surface area is 157 Å². The molecule has 1 fully saturated rings. The molecule has 26 heavy (non-hydrogen) atoms. The molecule has 2 aromatic carbocycles. The number of primary sulfonamides is 1. The van der Waals surface area contributed by atoms with Crippen LogP contribution in [0.15, 0.2) is 52.3 Å². The number of hydrogen-bond donors (Lipinski definition) is 5. The number of nitrogen functional groups attached to an aromatic ring is 1. The van der Waals surface area contributed by atoms with E-state index in [9.17, 15) is 13.2 Å². The maximum absolute atomic E-state index is 11.4. The van der Waals surface area contributed by atoms with Crippen LogP contribution in [0, 0.1) is 5.92 Å². The smallest absolute Gasteiger partial charge is 0.335 e. The van der Waals surface area contributed by atoms with E-state index in [1.54, 1.807) is 0 Å². The maximum atomic E-state index is 11.4. The zero-order valence-electron chi connectivity index (χ0n) is 13.9. The van der Waals surface area contributed by atoms with Crippen molar-refractivity contribution in [3.8, 4) is 0 Å². The normalized spacial score (nSPS) is 13.5. The Balaban J connectivity index is 0.000000290. The SMILES string of the molecule is NS(=O)(=O)c1cc(C(=O)O)cc(NCC2CC2)c1S.Nc1ccccc1. The van der Waals surface area contributed by atoms with Crippen molar-refractivity contribution in [2.75, 3.05) is 17.6 Å². The third-order valence-corrected chi connectivity index (χ3v) is 5.27. The van der Waals surface area contributed by atoms with Crippen molar-refractivity contribution in [1.29, 1.82) is 0 Å². The molecule has 1 aliphatic rings. The highest BCUT2D eigenvalue weighted by Crippen LogP contribution is 2.32. The molecular formula is C17H21N3O4S2. The number of nitrogens with one attached hydrogen (secondary N) is 1. The summed E-state index contributed by atoms with van der Waals surface area (Å²) >= 11 is 4.13. The lowest BCUT2D eigenvalue weighted by Gasteiger charge is -2.12. The Morgan fingerprint density at radius 1 is 1.23 bits per heavy atom. The molecule has 1 saturated carbocycles. The summed E-state index contributed by atoms with van der Waals surface area (Å²) in [4.78, 5) is 10.9. The van der Waals surface area contributed by atoms with E-state index in [4.69, 9.17) is 16.0 Å². The standard InChI is InChI=1S/C11H14N2O4S2.C6H7N/c12-19(16,17)9-4-7(11(14)15)3-8(10(9)18)13-5-6-1-2-6;7-6-4-2-1-3-5-6/h3-4,6,13,18H,1-2,5H2,(H,14,15)(H2,12,16,17);1-5H,7H2. The molecule has 0 heterocycles. The summed E-state index contributed by atoms with van der Waals surface area (Å²) < 4.78 is 22.9. The van der Waals surface area contributed by atoms with Crippen LogP contribution in [0.1, 0.15) is 23.2 Å². The molecule has 0 bridgehead atoms. The molecule has 0 radical (unpaired) electrons. The Morgan fingerprint density at radius 2 is 1.85 bits per heavy atom. The molecular weight excluding hydrogens is 374 g/mol. The van der Waals surface area contributed by atoms with E-state index in [1.807, 2.05) is 30.3 Å². The van der Waals surface area contributed by atoms with Gasteiger partial charge in [-0.15, -0.1) is 12.6 Å². The summed E-state index contributed by atoms with van der Waals surface area (Å²) in [6.07, 6.45) is 2.24. The molecule has 0 aromatic heterocycles. The molecule has 1 aliphatic carbocycles. The first-order valence-electron chi connectivity index (χ1n) is 7.86. The molecule has 140 valence electrons. The van der Waals surface area contributed by atoms with Crippen LogP contribution < -0.4 is 16.2 Å². The second-order valence-electron chi connectivity index (χ2n) is 5.96. The number of sulfonamides is 1. The monoisotopic (exact) mass is 395 g/mol. The molecule has 0 unspecified atom stereocenters. The number of benzene rings is 2. The third kappa shape index (κ3) is 5.94. The van der Waals surface area contributed by atoms with Crippen LogP contribution in [0.2, 0.25) is 0 Å². The van der Waals surface area contributed by atoms with Gasteiger partial charge in [0, 0.05) is 22.8 Å². The fourth-order valence-electron chi connectivity index (χ4n) is 2.11. The average Bonchev–Trinajstić information content (AvgIpc) is 3.38. The molecule has 0 atom stereocenters. The van der Waals surface area contributed by atoms with Gasteiger partial charge in [0.15, 0.2) is 0 Å². The fraction of sp³-hybridized carbons (Fsp3) is 0.235. The van der Waals surface area contributed by atoms with Gasteiger partial charge in [0.05, 0.1) is 10.5 Å². The molecule has 2 aromatic rings. The second kappa shape index (κ2) is 8.43. The summed E-state index contributed by atoms with van der Waals surface area (Å²) in [5, 5.41) is 17.1. The molecule has 0 spiro atoms. The maximum Gasteiger partial charge on any atom is 0.335 e. The molecule has 9 heteroatoms. The Bertz CT molecular complexity index is 882. The van der Waals surface area contributed by atoms with Gasteiger partial charge in [0.25, 0.3) is 0 Å². The molecule has 7 nitrogen and oxygen atoms in total. The van der Waals surface area contributed by atoms with Gasteiger partial charge in [-0.05, 0) is 43.0 Å². The van der Waals surface area contributed by atoms with Gasteiger partial charge < -0.3 is 16.2 Å². The van der Waals surface area contributed by atoms with E-state index in [2.05, 4.69) is 17.9 Å². The summed E-state index contributed by atoms with van der Waals surface area (Å²) in [5.74, 6) is -0.660. The number of carbonyl (C=O) groups is 1. The van der Waals surface area contributed by atoms with Crippen LogP contribution in [0.4, 0.5) is 11.4 Å². The van der Waals surface area contributed by atoms with E-state index < -0.39 is 16.0 Å². The highest BCUT2D eigenvalue weighted by Gasteiger charge is 2.23. The van der Waals surface area contributed by atoms with E-state index in [0.29, 0.717) is 18.2 Å². The van der Waals surface area contributed by atoms with E-state index in [1.165, 1.54) is 6.07 Å². The van der Waals surface area contributed by atoms with E-state index in [-0.39, 0.29) is 15.4 Å². The second-order valence-corrected chi connectivity index (χ2v) is 7.93. The van der Waals surface area contributed by atoms with Crippen LogP contribution in [0.3, 0.4) is 0 Å². The van der Waals surface area contributed by atoms with E-state index >= 15 is 0 Å². The summed E-state index contributed by atoms with van der Waals surface area (Å²) in [6, 6.07) is 11.9. The lowest BCUT2D eigenvalue weighted by atomic mass is 10.2. The minimum atomic E-state index is -4.01. The number of rotatable bonds is 5. The summed E-state index contributed by atoms with van der Waals surface area (Å²) in [5.41, 5.74) is 6.41. The van der Waals surface area contributed by atoms with Crippen molar-refractivity contribution < 1.29 is 18.3 Å². The molecule has 6 N–H and O–H groups in total. The minimum absolute atomic E-state index is 0.139. The van der Waals surface area contributed by atoms with Crippen molar-refractivity contribution in [2.45, 2.75) is 22.6 Å².